The molecule has 0 aromatic carbocycles. The van der Waals surface area contributed by atoms with Crippen LogP contribution in [0.2, 0.25) is 0 Å². The van der Waals surface area contributed by atoms with E-state index in [0.717, 1.165) is 36.7 Å². The molecule has 114 valence electrons. The molecule has 0 aromatic heterocycles. The van der Waals surface area contributed by atoms with Crippen LogP contribution in [0, 0.1) is 17.3 Å². The number of thioether (sulfide) groups is 1. The lowest BCUT2D eigenvalue weighted by molar-refractivity contribution is 0.134. The number of nitrogens with two attached hydrogens (primary N) is 1. The zero-order chi connectivity index (χ0) is 14.3. The first kappa shape index (κ1) is 17.3. The van der Waals surface area contributed by atoms with Gasteiger partial charge in [-0.2, -0.15) is 11.8 Å². The highest BCUT2D eigenvalue weighted by atomic mass is 32.2. The van der Waals surface area contributed by atoms with Crippen molar-refractivity contribution in [3.63, 3.8) is 0 Å². The van der Waals surface area contributed by atoms with Crippen LogP contribution < -0.4 is 5.73 Å². The molecule has 0 spiro atoms. The lowest BCUT2D eigenvalue weighted by atomic mass is 9.67. The van der Waals surface area contributed by atoms with Crippen molar-refractivity contribution in [1.29, 1.82) is 0 Å². The van der Waals surface area contributed by atoms with Crippen LogP contribution in [-0.4, -0.2) is 31.3 Å². The molecule has 1 saturated carbocycles. The molecule has 1 fully saturated rings. The van der Waals surface area contributed by atoms with Gasteiger partial charge < -0.3 is 10.5 Å². The summed E-state index contributed by atoms with van der Waals surface area (Å²) in [7, 11) is 1.79. The molecule has 2 nitrogen and oxygen atoms in total. The summed E-state index contributed by atoms with van der Waals surface area (Å²) in [5, 5.41) is 0.770. The Morgan fingerprint density at radius 1 is 1.32 bits per heavy atom. The van der Waals surface area contributed by atoms with Gasteiger partial charge in [0, 0.05) is 19.0 Å². The summed E-state index contributed by atoms with van der Waals surface area (Å²) in [6.07, 6.45) is 6.51. The smallest absolute Gasteiger partial charge is 0.0470 e. The summed E-state index contributed by atoms with van der Waals surface area (Å²) in [6.45, 7) is 8.95. The molecule has 3 atom stereocenters. The van der Waals surface area contributed by atoms with Crippen LogP contribution in [0.5, 0.6) is 0 Å². The van der Waals surface area contributed by atoms with E-state index in [0.29, 0.717) is 5.41 Å². The summed E-state index contributed by atoms with van der Waals surface area (Å²) in [5.41, 5.74) is 6.46. The van der Waals surface area contributed by atoms with Gasteiger partial charge in [-0.1, -0.05) is 27.2 Å². The molecule has 0 aliphatic heterocycles. The topological polar surface area (TPSA) is 35.2 Å². The highest BCUT2D eigenvalue weighted by Crippen LogP contribution is 2.45. The Kier molecular flexibility index (Phi) is 7.78. The Bertz CT molecular complexity index is 245. The molecule has 0 saturated heterocycles. The van der Waals surface area contributed by atoms with E-state index >= 15 is 0 Å². The average Bonchev–Trinajstić information content (AvgIpc) is 2.43. The van der Waals surface area contributed by atoms with Gasteiger partial charge in [0.25, 0.3) is 0 Å². The van der Waals surface area contributed by atoms with Crippen LogP contribution in [0.3, 0.4) is 0 Å². The Labute approximate surface area is 124 Å². The van der Waals surface area contributed by atoms with Crippen LogP contribution in [0.4, 0.5) is 0 Å². The largest absolute Gasteiger partial charge is 0.385 e. The van der Waals surface area contributed by atoms with Gasteiger partial charge in [-0.05, 0) is 55.2 Å². The number of methoxy groups -OCH3 is 1. The maximum Gasteiger partial charge on any atom is 0.0470 e. The van der Waals surface area contributed by atoms with Crippen molar-refractivity contribution >= 4 is 11.8 Å². The van der Waals surface area contributed by atoms with E-state index in [9.17, 15) is 0 Å². The molecule has 3 heteroatoms. The highest BCUT2D eigenvalue weighted by molar-refractivity contribution is 7.99. The van der Waals surface area contributed by atoms with Crippen molar-refractivity contribution < 1.29 is 4.74 Å². The molecule has 0 amide bonds. The molecule has 1 aliphatic carbocycles. The first-order valence-electron chi connectivity index (χ1n) is 7.85. The molecule has 0 aromatic rings. The SMILES string of the molecule is CCC(C)(C)C1CCC(CN)C(SCCCOC)C1. The molecular formula is C16H33NOS. The maximum absolute atomic E-state index is 5.97. The zero-order valence-corrected chi connectivity index (χ0v) is 14.1. The van der Waals surface area contributed by atoms with Crippen molar-refractivity contribution in [3.05, 3.63) is 0 Å². The van der Waals surface area contributed by atoms with Gasteiger partial charge in [0.15, 0.2) is 0 Å². The minimum Gasteiger partial charge on any atom is -0.385 e. The number of hydrogen-bond acceptors (Lipinski definition) is 3. The summed E-state index contributed by atoms with van der Waals surface area (Å²) >= 11 is 2.14. The van der Waals surface area contributed by atoms with E-state index in [1.807, 2.05) is 0 Å². The third-order valence-corrected chi connectivity index (χ3v) is 6.60. The minimum absolute atomic E-state index is 0.491. The first-order chi connectivity index (χ1) is 9.05. The molecule has 1 rings (SSSR count). The Morgan fingerprint density at radius 3 is 2.63 bits per heavy atom. The molecule has 0 heterocycles. The van der Waals surface area contributed by atoms with Crippen molar-refractivity contribution in [2.75, 3.05) is 26.0 Å². The van der Waals surface area contributed by atoms with Crippen LogP contribution in [0.25, 0.3) is 0 Å². The lowest BCUT2D eigenvalue weighted by Gasteiger charge is -2.42. The Balaban J connectivity index is 2.49. The second-order valence-electron chi connectivity index (χ2n) is 6.60. The molecule has 0 bridgehead atoms. The highest BCUT2D eigenvalue weighted by Gasteiger charge is 2.36. The summed E-state index contributed by atoms with van der Waals surface area (Å²) in [4.78, 5) is 0. The van der Waals surface area contributed by atoms with Crippen molar-refractivity contribution in [1.82, 2.24) is 0 Å². The van der Waals surface area contributed by atoms with E-state index in [1.54, 1.807) is 7.11 Å². The lowest BCUT2D eigenvalue weighted by Crippen LogP contribution is -2.37. The van der Waals surface area contributed by atoms with Gasteiger partial charge in [-0.25, -0.2) is 0 Å². The first-order valence-corrected chi connectivity index (χ1v) is 8.90. The van der Waals surface area contributed by atoms with Gasteiger partial charge in [0.1, 0.15) is 0 Å². The van der Waals surface area contributed by atoms with Crippen LogP contribution in [0.1, 0.15) is 52.9 Å². The fourth-order valence-corrected chi connectivity index (χ4v) is 4.58. The second-order valence-corrected chi connectivity index (χ2v) is 7.95. The molecule has 19 heavy (non-hydrogen) atoms. The minimum atomic E-state index is 0.491. The number of hydrogen-bond donors (Lipinski definition) is 1. The molecule has 0 radical (unpaired) electrons. The van der Waals surface area contributed by atoms with Crippen LogP contribution >= 0.6 is 11.8 Å². The fourth-order valence-electron chi connectivity index (χ4n) is 3.10. The van der Waals surface area contributed by atoms with E-state index in [1.165, 1.54) is 31.4 Å². The summed E-state index contributed by atoms with van der Waals surface area (Å²) < 4.78 is 5.14. The van der Waals surface area contributed by atoms with Gasteiger partial charge in [-0.3, -0.25) is 0 Å². The van der Waals surface area contributed by atoms with E-state index in [2.05, 4.69) is 32.5 Å². The van der Waals surface area contributed by atoms with Gasteiger partial charge >= 0.3 is 0 Å². The Hall–Kier alpha value is 0.270. The zero-order valence-electron chi connectivity index (χ0n) is 13.3. The summed E-state index contributed by atoms with van der Waals surface area (Å²) in [5.74, 6) is 2.82. The average molecular weight is 288 g/mol. The van der Waals surface area contributed by atoms with Crippen LogP contribution in [-0.2, 0) is 4.74 Å². The number of ether oxygens (including phenoxy) is 1. The summed E-state index contributed by atoms with van der Waals surface area (Å²) in [6, 6.07) is 0. The van der Waals surface area contributed by atoms with Gasteiger partial charge in [0.2, 0.25) is 0 Å². The molecule has 1 aliphatic rings. The van der Waals surface area contributed by atoms with E-state index in [-0.39, 0.29) is 0 Å². The second kappa shape index (κ2) is 8.53. The maximum atomic E-state index is 5.97. The van der Waals surface area contributed by atoms with E-state index < -0.39 is 0 Å². The number of rotatable bonds is 8. The van der Waals surface area contributed by atoms with Crippen molar-refractivity contribution in [3.8, 4) is 0 Å². The normalized spacial score (nSPS) is 28.6. The third-order valence-electron chi connectivity index (χ3n) is 5.07. The van der Waals surface area contributed by atoms with Crippen molar-refractivity contribution in [2.24, 2.45) is 23.0 Å². The monoisotopic (exact) mass is 287 g/mol. The van der Waals surface area contributed by atoms with Crippen LogP contribution in [0.15, 0.2) is 0 Å². The molecular weight excluding hydrogens is 254 g/mol. The van der Waals surface area contributed by atoms with Gasteiger partial charge in [0.05, 0.1) is 0 Å². The van der Waals surface area contributed by atoms with Gasteiger partial charge in [-0.15, -0.1) is 0 Å². The van der Waals surface area contributed by atoms with Crippen molar-refractivity contribution in [2.45, 2.75) is 58.1 Å². The third kappa shape index (κ3) is 5.28. The van der Waals surface area contributed by atoms with E-state index in [4.69, 9.17) is 10.5 Å². The fraction of sp³-hybridized carbons (Fsp3) is 1.00. The Morgan fingerprint density at radius 2 is 2.05 bits per heavy atom. The predicted octanol–water partition coefficient (Wildman–Crippen LogP) is 3.94. The molecule has 2 N–H and O–H groups in total. The molecule has 3 unspecified atom stereocenters. The quantitative estimate of drug-likeness (QED) is 0.687. The standard InChI is InChI=1S/C16H33NOS/c1-5-16(2,3)14-8-7-13(12-17)15(11-14)19-10-6-9-18-4/h13-15H,5-12,17H2,1-4H3. The predicted molar refractivity (Wildman–Crippen MR) is 86.7 cm³/mol.